The number of hydrogen-bond donors (Lipinski definition) is 1. The molecule has 2 rings (SSSR count). The zero-order chi connectivity index (χ0) is 14.5. The molecule has 108 valence electrons. The molecule has 0 saturated carbocycles. The van der Waals surface area contributed by atoms with E-state index in [2.05, 4.69) is 24.3 Å². The Labute approximate surface area is 124 Å². The second-order valence-electron chi connectivity index (χ2n) is 5.04. The van der Waals surface area contributed by atoms with Gasteiger partial charge >= 0.3 is 0 Å². The summed E-state index contributed by atoms with van der Waals surface area (Å²) < 4.78 is 7.24. The Balaban J connectivity index is 2.08. The van der Waals surface area contributed by atoms with Crippen molar-refractivity contribution in [1.29, 1.82) is 0 Å². The number of rotatable bonds is 6. The first kappa shape index (κ1) is 14.9. The van der Waals surface area contributed by atoms with Gasteiger partial charge in [0.15, 0.2) is 0 Å². The number of nitrogens with one attached hydrogen (secondary N) is 1. The largest absolute Gasteiger partial charge is 0.496 e. The van der Waals surface area contributed by atoms with Gasteiger partial charge in [-0.3, -0.25) is 4.68 Å². The van der Waals surface area contributed by atoms with Crippen LogP contribution in [0.4, 0.5) is 0 Å². The number of hydrogen-bond acceptors (Lipinski definition) is 3. The third-order valence-electron chi connectivity index (χ3n) is 2.98. The van der Waals surface area contributed by atoms with Crippen molar-refractivity contribution in [1.82, 2.24) is 15.1 Å². The van der Waals surface area contributed by atoms with Crippen molar-refractivity contribution in [2.75, 3.05) is 7.11 Å². The molecule has 5 heteroatoms. The zero-order valence-corrected chi connectivity index (χ0v) is 12.8. The molecule has 20 heavy (non-hydrogen) atoms. The minimum Gasteiger partial charge on any atom is -0.496 e. The Morgan fingerprint density at radius 1 is 1.40 bits per heavy atom. The fraction of sp³-hybridized carbons (Fsp3) is 0.400. The van der Waals surface area contributed by atoms with Gasteiger partial charge in [0.25, 0.3) is 0 Å². The third-order valence-corrected chi connectivity index (χ3v) is 3.21. The molecule has 0 atom stereocenters. The van der Waals surface area contributed by atoms with Crippen molar-refractivity contribution in [3.05, 3.63) is 46.7 Å². The molecule has 0 aliphatic heterocycles. The highest BCUT2D eigenvalue weighted by molar-refractivity contribution is 6.30. The lowest BCUT2D eigenvalue weighted by Gasteiger charge is -2.09. The van der Waals surface area contributed by atoms with Crippen LogP contribution < -0.4 is 10.1 Å². The molecule has 1 N–H and O–H groups in total. The second kappa shape index (κ2) is 6.77. The van der Waals surface area contributed by atoms with Gasteiger partial charge in [0.2, 0.25) is 0 Å². The molecule has 0 spiro atoms. The number of nitrogens with zero attached hydrogens (tertiary/aromatic N) is 2. The van der Waals surface area contributed by atoms with Crippen molar-refractivity contribution in [3.8, 4) is 5.75 Å². The van der Waals surface area contributed by atoms with Crippen LogP contribution >= 0.6 is 11.6 Å². The van der Waals surface area contributed by atoms with Gasteiger partial charge in [0, 0.05) is 34.9 Å². The predicted octanol–water partition coefficient (Wildman–Crippen LogP) is 3.09. The highest BCUT2D eigenvalue weighted by atomic mass is 35.5. The monoisotopic (exact) mass is 293 g/mol. The summed E-state index contributed by atoms with van der Waals surface area (Å²) in [4.78, 5) is 0. The Bertz CT molecular complexity index is 566. The summed E-state index contributed by atoms with van der Waals surface area (Å²) in [6.45, 7) is 5.72. The molecule has 0 amide bonds. The van der Waals surface area contributed by atoms with Crippen molar-refractivity contribution in [3.63, 3.8) is 0 Å². The van der Waals surface area contributed by atoms with Crippen molar-refractivity contribution in [2.24, 2.45) is 0 Å². The first-order valence-electron chi connectivity index (χ1n) is 6.65. The Morgan fingerprint density at radius 2 is 2.20 bits per heavy atom. The number of ether oxygens (including phenoxy) is 1. The molecule has 0 fully saturated rings. The predicted molar refractivity (Wildman–Crippen MR) is 81.3 cm³/mol. The van der Waals surface area contributed by atoms with Crippen LogP contribution in [0.1, 0.15) is 25.0 Å². The van der Waals surface area contributed by atoms with E-state index in [-0.39, 0.29) is 0 Å². The molecule has 0 aliphatic rings. The normalized spacial score (nSPS) is 11.1. The van der Waals surface area contributed by atoms with Gasteiger partial charge in [-0.1, -0.05) is 25.4 Å². The number of aromatic nitrogens is 2. The van der Waals surface area contributed by atoms with Crippen LogP contribution in [-0.4, -0.2) is 22.9 Å². The molecule has 0 bridgehead atoms. The smallest absolute Gasteiger partial charge is 0.124 e. The van der Waals surface area contributed by atoms with E-state index in [1.165, 1.54) is 5.56 Å². The molecule has 0 radical (unpaired) electrons. The number of benzene rings is 1. The van der Waals surface area contributed by atoms with E-state index in [0.717, 1.165) is 17.9 Å². The molecule has 4 nitrogen and oxygen atoms in total. The lowest BCUT2D eigenvalue weighted by molar-refractivity contribution is 0.407. The first-order valence-corrected chi connectivity index (χ1v) is 7.03. The summed E-state index contributed by atoms with van der Waals surface area (Å²) in [5, 5.41) is 8.45. The number of halogens is 1. The molecule has 0 unspecified atom stereocenters. The summed E-state index contributed by atoms with van der Waals surface area (Å²) in [5.41, 5.74) is 2.19. The van der Waals surface area contributed by atoms with Gasteiger partial charge in [0.05, 0.1) is 19.9 Å². The molecule has 2 aromatic rings. The van der Waals surface area contributed by atoms with Crippen LogP contribution in [0.5, 0.6) is 5.75 Å². The average molecular weight is 294 g/mol. The van der Waals surface area contributed by atoms with E-state index in [1.807, 2.05) is 35.3 Å². The molecule has 0 saturated heterocycles. The summed E-state index contributed by atoms with van der Waals surface area (Å²) in [5.74, 6) is 0.826. The lowest BCUT2D eigenvalue weighted by Crippen LogP contribution is -2.21. The van der Waals surface area contributed by atoms with Gasteiger partial charge in [-0.05, 0) is 18.2 Å². The summed E-state index contributed by atoms with van der Waals surface area (Å²) in [6, 6.07) is 6.08. The fourth-order valence-electron chi connectivity index (χ4n) is 1.95. The van der Waals surface area contributed by atoms with E-state index >= 15 is 0 Å². The van der Waals surface area contributed by atoms with E-state index in [4.69, 9.17) is 16.3 Å². The molecule has 1 aromatic heterocycles. The molecule has 0 aliphatic carbocycles. The maximum atomic E-state index is 6.03. The Hall–Kier alpha value is -1.52. The quantitative estimate of drug-likeness (QED) is 0.889. The van der Waals surface area contributed by atoms with E-state index in [1.54, 1.807) is 7.11 Å². The van der Waals surface area contributed by atoms with Crippen LogP contribution in [0.25, 0.3) is 0 Å². The maximum Gasteiger partial charge on any atom is 0.124 e. The fourth-order valence-corrected chi connectivity index (χ4v) is 2.15. The Kier molecular flexibility index (Phi) is 5.04. The van der Waals surface area contributed by atoms with Gasteiger partial charge in [-0.2, -0.15) is 5.10 Å². The molecule has 1 heterocycles. The van der Waals surface area contributed by atoms with Crippen LogP contribution in [0.3, 0.4) is 0 Å². The summed E-state index contributed by atoms with van der Waals surface area (Å²) >= 11 is 6.03. The van der Waals surface area contributed by atoms with Gasteiger partial charge in [-0.15, -0.1) is 0 Å². The van der Waals surface area contributed by atoms with Crippen molar-refractivity contribution in [2.45, 2.75) is 33.0 Å². The average Bonchev–Trinajstić information content (AvgIpc) is 2.84. The SMILES string of the molecule is COc1ccc(Cl)cc1Cn1cc(CNC(C)C)cn1. The van der Waals surface area contributed by atoms with Crippen LogP contribution in [0.15, 0.2) is 30.6 Å². The van der Waals surface area contributed by atoms with Gasteiger partial charge < -0.3 is 10.1 Å². The summed E-state index contributed by atoms with van der Waals surface area (Å²) in [6.07, 6.45) is 3.92. The number of methoxy groups -OCH3 is 1. The lowest BCUT2D eigenvalue weighted by atomic mass is 10.2. The van der Waals surface area contributed by atoms with Crippen molar-refractivity contribution >= 4 is 11.6 Å². The highest BCUT2D eigenvalue weighted by Crippen LogP contribution is 2.23. The van der Waals surface area contributed by atoms with Crippen molar-refractivity contribution < 1.29 is 4.74 Å². The second-order valence-corrected chi connectivity index (χ2v) is 5.47. The molecular formula is C15H20ClN3O. The molecule has 1 aromatic carbocycles. The van der Waals surface area contributed by atoms with Crippen LogP contribution in [0, 0.1) is 0 Å². The topological polar surface area (TPSA) is 39.1 Å². The highest BCUT2D eigenvalue weighted by Gasteiger charge is 2.06. The van der Waals surface area contributed by atoms with E-state index < -0.39 is 0 Å². The first-order chi connectivity index (χ1) is 9.58. The van der Waals surface area contributed by atoms with E-state index in [9.17, 15) is 0 Å². The minimum absolute atomic E-state index is 0.464. The van der Waals surface area contributed by atoms with Gasteiger partial charge in [-0.25, -0.2) is 0 Å². The Morgan fingerprint density at radius 3 is 2.90 bits per heavy atom. The van der Waals surface area contributed by atoms with Crippen LogP contribution in [-0.2, 0) is 13.1 Å². The third kappa shape index (κ3) is 3.99. The zero-order valence-electron chi connectivity index (χ0n) is 12.1. The standard InChI is InChI=1S/C15H20ClN3O/c1-11(2)17-7-12-8-18-19(9-12)10-13-6-14(16)4-5-15(13)20-3/h4-6,8-9,11,17H,7,10H2,1-3H3. The van der Waals surface area contributed by atoms with E-state index in [0.29, 0.717) is 17.6 Å². The maximum absolute atomic E-state index is 6.03. The summed E-state index contributed by atoms with van der Waals surface area (Å²) in [7, 11) is 1.66. The molecular weight excluding hydrogens is 274 g/mol. The minimum atomic E-state index is 0.464. The van der Waals surface area contributed by atoms with Crippen LogP contribution in [0.2, 0.25) is 5.02 Å². The van der Waals surface area contributed by atoms with Gasteiger partial charge in [0.1, 0.15) is 5.75 Å².